The Kier molecular flexibility index (Phi) is 3.22. The molecule has 82 valence electrons. The van der Waals surface area contributed by atoms with Crippen molar-refractivity contribution < 1.29 is 0 Å². The molecule has 0 saturated heterocycles. The molecule has 0 atom stereocenters. The summed E-state index contributed by atoms with van der Waals surface area (Å²) in [4.78, 5) is 0. The average molecular weight is 253 g/mol. The minimum atomic E-state index is 0.579. The molecule has 4 heteroatoms. The van der Waals surface area contributed by atoms with Crippen LogP contribution in [0.2, 0.25) is 10.0 Å². The summed E-state index contributed by atoms with van der Waals surface area (Å²) in [5.41, 5.74) is 7.92. The van der Waals surface area contributed by atoms with Gasteiger partial charge in [0.25, 0.3) is 0 Å². The number of para-hydroxylation sites is 1. The normalized spacial score (nSPS) is 10.1. The highest BCUT2D eigenvalue weighted by atomic mass is 35.5. The molecule has 0 aliphatic rings. The fourth-order valence-electron chi connectivity index (χ4n) is 1.38. The molecule has 2 nitrogen and oxygen atoms in total. The van der Waals surface area contributed by atoms with E-state index in [-0.39, 0.29) is 0 Å². The lowest BCUT2D eigenvalue weighted by molar-refractivity contribution is 1.55. The van der Waals surface area contributed by atoms with Gasteiger partial charge in [-0.2, -0.15) is 0 Å². The lowest BCUT2D eigenvalue weighted by Crippen LogP contribution is -1.93. The molecular formula is C12H10Cl2N2. The van der Waals surface area contributed by atoms with Gasteiger partial charge in [0.05, 0.1) is 15.7 Å². The first kappa shape index (κ1) is 11.1. The van der Waals surface area contributed by atoms with Crippen LogP contribution >= 0.6 is 23.2 Å². The molecule has 0 amide bonds. The van der Waals surface area contributed by atoms with E-state index in [0.717, 1.165) is 5.69 Å². The Morgan fingerprint density at radius 2 is 1.56 bits per heavy atom. The van der Waals surface area contributed by atoms with Gasteiger partial charge >= 0.3 is 0 Å². The van der Waals surface area contributed by atoms with Crippen LogP contribution in [0.25, 0.3) is 0 Å². The van der Waals surface area contributed by atoms with Crippen molar-refractivity contribution in [3.05, 3.63) is 52.5 Å². The molecule has 0 heterocycles. The first-order valence-electron chi connectivity index (χ1n) is 4.73. The van der Waals surface area contributed by atoms with Gasteiger partial charge in [-0.25, -0.2) is 0 Å². The Labute approximate surface area is 104 Å². The third-order valence-corrected chi connectivity index (χ3v) is 2.75. The summed E-state index contributed by atoms with van der Waals surface area (Å²) in [6, 6.07) is 12.8. The summed E-state index contributed by atoms with van der Waals surface area (Å²) in [7, 11) is 0. The van der Waals surface area contributed by atoms with Crippen LogP contribution in [-0.2, 0) is 0 Å². The van der Waals surface area contributed by atoms with Gasteiger partial charge in [-0.1, -0.05) is 35.3 Å². The molecular weight excluding hydrogens is 243 g/mol. The van der Waals surface area contributed by atoms with Crippen molar-refractivity contribution in [3.8, 4) is 0 Å². The van der Waals surface area contributed by atoms with Crippen molar-refractivity contribution in [2.75, 3.05) is 11.1 Å². The molecule has 0 radical (unpaired) electrons. The molecule has 0 aromatic heterocycles. The third-order valence-electron chi connectivity index (χ3n) is 2.12. The number of nitrogen functional groups attached to an aromatic ring is 1. The second-order valence-electron chi connectivity index (χ2n) is 3.35. The summed E-state index contributed by atoms with van der Waals surface area (Å²) >= 11 is 12.1. The highest BCUT2D eigenvalue weighted by Crippen LogP contribution is 2.32. The zero-order chi connectivity index (χ0) is 11.5. The van der Waals surface area contributed by atoms with Crippen molar-refractivity contribution in [2.24, 2.45) is 0 Å². The van der Waals surface area contributed by atoms with Crippen molar-refractivity contribution in [3.63, 3.8) is 0 Å². The van der Waals surface area contributed by atoms with Crippen molar-refractivity contribution >= 4 is 40.3 Å². The maximum Gasteiger partial charge on any atom is 0.0762 e. The smallest absolute Gasteiger partial charge is 0.0762 e. The van der Waals surface area contributed by atoms with Gasteiger partial charge in [-0.3, -0.25) is 0 Å². The summed E-state index contributed by atoms with van der Waals surface area (Å²) in [6.45, 7) is 0. The number of halogens is 2. The van der Waals surface area contributed by atoms with E-state index in [4.69, 9.17) is 28.9 Å². The van der Waals surface area contributed by atoms with E-state index in [0.29, 0.717) is 21.4 Å². The number of rotatable bonds is 2. The fourth-order valence-corrected chi connectivity index (χ4v) is 1.87. The maximum atomic E-state index is 6.04. The molecule has 0 spiro atoms. The van der Waals surface area contributed by atoms with Crippen LogP contribution in [0.5, 0.6) is 0 Å². The molecule has 3 N–H and O–H groups in total. The Morgan fingerprint density at radius 1 is 0.938 bits per heavy atom. The molecule has 0 bridgehead atoms. The topological polar surface area (TPSA) is 38.0 Å². The van der Waals surface area contributed by atoms with Gasteiger partial charge in [-0.05, 0) is 30.3 Å². The monoisotopic (exact) mass is 252 g/mol. The molecule has 0 aliphatic carbocycles. The second kappa shape index (κ2) is 4.64. The van der Waals surface area contributed by atoms with Crippen molar-refractivity contribution in [2.45, 2.75) is 0 Å². The Hall–Kier alpha value is -1.38. The minimum Gasteiger partial charge on any atom is -0.399 e. The van der Waals surface area contributed by atoms with Crippen LogP contribution in [0.3, 0.4) is 0 Å². The molecule has 16 heavy (non-hydrogen) atoms. The van der Waals surface area contributed by atoms with Gasteiger partial charge in [-0.15, -0.1) is 0 Å². The van der Waals surface area contributed by atoms with Crippen LogP contribution in [0.1, 0.15) is 0 Å². The molecule has 0 aliphatic heterocycles. The lowest BCUT2D eigenvalue weighted by atomic mass is 10.2. The summed E-state index contributed by atoms with van der Waals surface area (Å²) in [5, 5.41) is 4.29. The predicted octanol–water partition coefficient (Wildman–Crippen LogP) is 4.32. The van der Waals surface area contributed by atoms with Crippen LogP contribution < -0.4 is 11.1 Å². The van der Waals surface area contributed by atoms with Crippen LogP contribution in [0.4, 0.5) is 17.1 Å². The number of anilines is 3. The van der Waals surface area contributed by atoms with E-state index in [1.165, 1.54) is 0 Å². The second-order valence-corrected chi connectivity index (χ2v) is 4.16. The Balaban J connectivity index is 2.34. The highest BCUT2D eigenvalue weighted by Gasteiger charge is 2.05. The Bertz CT molecular complexity index is 492. The number of hydrogen-bond donors (Lipinski definition) is 2. The summed E-state index contributed by atoms with van der Waals surface area (Å²) < 4.78 is 0. The molecule has 0 unspecified atom stereocenters. The van der Waals surface area contributed by atoms with E-state index in [1.54, 1.807) is 18.2 Å². The van der Waals surface area contributed by atoms with E-state index < -0.39 is 0 Å². The number of hydrogen-bond acceptors (Lipinski definition) is 2. The lowest BCUT2D eigenvalue weighted by Gasteiger charge is -2.10. The summed E-state index contributed by atoms with van der Waals surface area (Å²) in [6.07, 6.45) is 0. The number of nitrogens with one attached hydrogen (secondary N) is 1. The first-order chi connectivity index (χ1) is 7.66. The van der Waals surface area contributed by atoms with E-state index >= 15 is 0 Å². The van der Waals surface area contributed by atoms with Gasteiger partial charge in [0.2, 0.25) is 0 Å². The van der Waals surface area contributed by atoms with Crippen LogP contribution in [0, 0.1) is 0 Å². The molecule has 2 rings (SSSR count). The van der Waals surface area contributed by atoms with E-state index in [2.05, 4.69) is 5.32 Å². The largest absolute Gasteiger partial charge is 0.399 e. The van der Waals surface area contributed by atoms with Crippen LogP contribution in [0.15, 0.2) is 42.5 Å². The van der Waals surface area contributed by atoms with E-state index in [1.807, 2.05) is 24.3 Å². The van der Waals surface area contributed by atoms with Crippen LogP contribution in [-0.4, -0.2) is 0 Å². The van der Waals surface area contributed by atoms with Crippen molar-refractivity contribution in [1.29, 1.82) is 0 Å². The number of nitrogens with two attached hydrogens (primary N) is 1. The maximum absolute atomic E-state index is 6.04. The third kappa shape index (κ3) is 2.40. The average Bonchev–Trinajstić information content (AvgIpc) is 2.24. The predicted molar refractivity (Wildman–Crippen MR) is 70.6 cm³/mol. The van der Waals surface area contributed by atoms with Crippen molar-refractivity contribution in [1.82, 2.24) is 0 Å². The highest BCUT2D eigenvalue weighted by molar-refractivity contribution is 6.39. The van der Waals surface area contributed by atoms with E-state index in [9.17, 15) is 0 Å². The minimum absolute atomic E-state index is 0.579. The van der Waals surface area contributed by atoms with Gasteiger partial charge < -0.3 is 11.1 Å². The molecule has 0 saturated carbocycles. The Morgan fingerprint density at radius 3 is 2.19 bits per heavy atom. The standard InChI is InChI=1S/C12H10Cl2N2/c13-10-5-2-6-11(14)12(10)16-9-4-1-3-8(15)7-9/h1-7,16H,15H2. The number of benzene rings is 2. The molecule has 2 aromatic carbocycles. The van der Waals surface area contributed by atoms with Gasteiger partial charge in [0.15, 0.2) is 0 Å². The quantitative estimate of drug-likeness (QED) is 0.782. The SMILES string of the molecule is Nc1cccc(Nc2c(Cl)cccc2Cl)c1. The zero-order valence-electron chi connectivity index (χ0n) is 8.37. The fraction of sp³-hybridized carbons (Fsp3) is 0. The zero-order valence-corrected chi connectivity index (χ0v) is 9.89. The molecule has 2 aromatic rings. The molecule has 0 fully saturated rings. The first-order valence-corrected chi connectivity index (χ1v) is 5.49. The van der Waals surface area contributed by atoms with Gasteiger partial charge in [0.1, 0.15) is 0 Å². The summed E-state index contributed by atoms with van der Waals surface area (Å²) in [5.74, 6) is 0. The van der Waals surface area contributed by atoms with Gasteiger partial charge in [0, 0.05) is 11.4 Å².